The molecule has 16 heavy (non-hydrogen) atoms. The lowest BCUT2D eigenvalue weighted by Crippen LogP contribution is -2.49. The Balaban J connectivity index is 2.93. The minimum absolute atomic E-state index is 0.752. The van der Waals surface area contributed by atoms with Crippen LogP contribution in [-0.4, -0.2) is 30.4 Å². The number of hydrogen-bond donors (Lipinski definition) is 0. The van der Waals surface area contributed by atoms with Gasteiger partial charge in [-0.05, 0) is 18.1 Å². The van der Waals surface area contributed by atoms with Crippen LogP contribution in [0, 0.1) is 0 Å². The number of benzene rings is 1. The molecule has 0 aromatic heterocycles. The Kier molecular flexibility index (Phi) is 4.95. The summed E-state index contributed by atoms with van der Waals surface area (Å²) in [4.78, 5) is 0. The molecular formula is C11H18O4Si. The summed E-state index contributed by atoms with van der Waals surface area (Å²) in [5.41, 5.74) is 1.10. The topological polar surface area (TPSA) is 36.9 Å². The average Bonchev–Trinajstić information content (AvgIpc) is 2.36. The first-order valence-electron chi connectivity index (χ1n) is 5.13. The zero-order valence-electron chi connectivity index (χ0n) is 10.1. The molecule has 0 amide bonds. The van der Waals surface area contributed by atoms with E-state index in [9.17, 15) is 0 Å². The molecule has 0 aliphatic rings. The Morgan fingerprint density at radius 3 is 2.06 bits per heavy atom. The van der Waals surface area contributed by atoms with Crippen LogP contribution in [0.2, 0.25) is 0 Å². The fourth-order valence-electron chi connectivity index (χ4n) is 1.41. The summed E-state index contributed by atoms with van der Waals surface area (Å²) >= 11 is 0. The van der Waals surface area contributed by atoms with Crippen LogP contribution in [0.15, 0.2) is 24.3 Å². The molecule has 0 fully saturated rings. The van der Waals surface area contributed by atoms with Gasteiger partial charge in [0, 0.05) is 21.3 Å². The monoisotopic (exact) mass is 242 g/mol. The molecule has 1 aromatic rings. The second kappa shape index (κ2) is 6.00. The molecule has 0 unspecified atom stereocenters. The van der Waals surface area contributed by atoms with E-state index in [2.05, 4.69) is 6.92 Å². The first-order chi connectivity index (χ1) is 7.71. The molecule has 0 bridgehead atoms. The van der Waals surface area contributed by atoms with Crippen molar-refractivity contribution in [3.8, 4) is 5.75 Å². The summed E-state index contributed by atoms with van der Waals surface area (Å²) in [6, 6.07) is 7.78. The van der Waals surface area contributed by atoms with Crippen LogP contribution in [0.25, 0.3) is 0 Å². The van der Waals surface area contributed by atoms with Gasteiger partial charge in [-0.25, -0.2) is 0 Å². The largest absolute Gasteiger partial charge is 0.748 e. The molecule has 0 aliphatic carbocycles. The van der Waals surface area contributed by atoms with Crippen molar-refractivity contribution in [2.45, 2.75) is 13.3 Å². The molecule has 0 spiro atoms. The molecule has 90 valence electrons. The number of aryl methyl sites for hydroxylation is 1. The van der Waals surface area contributed by atoms with E-state index < -0.39 is 9.05 Å². The normalized spacial score (nSPS) is 11.5. The smallest absolute Gasteiger partial charge is 0.480 e. The fourth-order valence-corrected chi connectivity index (χ4v) is 2.62. The van der Waals surface area contributed by atoms with E-state index in [-0.39, 0.29) is 0 Å². The molecule has 0 saturated carbocycles. The first-order valence-corrected chi connectivity index (χ1v) is 6.77. The van der Waals surface area contributed by atoms with Gasteiger partial charge in [-0.15, -0.1) is 0 Å². The van der Waals surface area contributed by atoms with E-state index in [1.54, 1.807) is 0 Å². The Bertz CT molecular complexity index is 317. The van der Waals surface area contributed by atoms with Gasteiger partial charge in [-0.3, -0.25) is 0 Å². The Hall–Kier alpha value is -0.883. The van der Waals surface area contributed by atoms with Crippen molar-refractivity contribution in [1.29, 1.82) is 0 Å². The molecule has 0 heterocycles. The summed E-state index contributed by atoms with van der Waals surface area (Å²) in [6.45, 7) is 2.07. The maximum Gasteiger partial charge on any atom is 0.748 e. The van der Waals surface area contributed by atoms with Crippen molar-refractivity contribution >= 4 is 9.05 Å². The highest BCUT2D eigenvalue weighted by molar-refractivity contribution is 6.54. The molecule has 0 saturated heterocycles. The van der Waals surface area contributed by atoms with Gasteiger partial charge in [0.25, 0.3) is 0 Å². The lowest BCUT2D eigenvalue weighted by molar-refractivity contribution is 0.0507. The summed E-state index contributed by atoms with van der Waals surface area (Å²) in [7, 11) is 1.56. The van der Waals surface area contributed by atoms with Crippen LogP contribution < -0.4 is 4.43 Å². The van der Waals surface area contributed by atoms with E-state index in [4.69, 9.17) is 17.7 Å². The van der Waals surface area contributed by atoms with Crippen LogP contribution in [0.3, 0.4) is 0 Å². The number of hydrogen-bond acceptors (Lipinski definition) is 4. The molecular weight excluding hydrogens is 224 g/mol. The highest BCUT2D eigenvalue weighted by Gasteiger charge is 2.45. The maximum absolute atomic E-state index is 5.74. The predicted octanol–water partition coefficient (Wildman–Crippen LogP) is 2.00. The van der Waals surface area contributed by atoms with Gasteiger partial charge in [0.1, 0.15) is 5.75 Å². The fraction of sp³-hybridized carbons (Fsp3) is 0.455. The third kappa shape index (κ3) is 2.82. The van der Waals surface area contributed by atoms with Crippen LogP contribution in [-0.2, 0) is 19.7 Å². The molecule has 0 radical (unpaired) electrons. The molecule has 5 heteroatoms. The molecule has 0 atom stereocenters. The van der Waals surface area contributed by atoms with Crippen molar-refractivity contribution in [3.63, 3.8) is 0 Å². The van der Waals surface area contributed by atoms with Gasteiger partial charge >= 0.3 is 9.05 Å². The van der Waals surface area contributed by atoms with Crippen molar-refractivity contribution in [1.82, 2.24) is 0 Å². The van der Waals surface area contributed by atoms with Crippen molar-refractivity contribution in [3.05, 3.63) is 29.8 Å². The van der Waals surface area contributed by atoms with Gasteiger partial charge in [0.2, 0.25) is 0 Å². The lowest BCUT2D eigenvalue weighted by Gasteiger charge is -2.24. The molecule has 0 N–H and O–H groups in total. The molecule has 4 nitrogen and oxygen atoms in total. The van der Waals surface area contributed by atoms with Crippen molar-refractivity contribution in [2.24, 2.45) is 0 Å². The zero-order valence-corrected chi connectivity index (χ0v) is 11.1. The van der Waals surface area contributed by atoms with Gasteiger partial charge in [0.05, 0.1) is 0 Å². The third-order valence-electron chi connectivity index (χ3n) is 2.34. The average molecular weight is 242 g/mol. The van der Waals surface area contributed by atoms with E-state index in [1.165, 1.54) is 21.3 Å². The van der Waals surface area contributed by atoms with Gasteiger partial charge in [-0.2, -0.15) is 0 Å². The predicted molar refractivity (Wildman–Crippen MR) is 63.2 cm³/mol. The molecule has 1 rings (SSSR count). The minimum atomic E-state index is -3.01. The number of para-hydroxylation sites is 1. The van der Waals surface area contributed by atoms with E-state index >= 15 is 0 Å². The second-order valence-corrected chi connectivity index (χ2v) is 5.60. The highest BCUT2D eigenvalue weighted by Crippen LogP contribution is 2.22. The van der Waals surface area contributed by atoms with E-state index in [0.29, 0.717) is 0 Å². The van der Waals surface area contributed by atoms with E-state index in [0.717, 1.165) is 17.7 Å². The first kappa shape index (κ1) is 13.2. The van der Waals surface area contributed by atoms with Crippen LogP contribution >= 0.6 is 0 Å². The number of rotatable bonds is 6. The van der Waals surface area contributed by atoms with Crippen molar-refractivity contribution < 1.29 is 17.7 Å². The third-order valence-corrected chi connectivity index (χ3v) is 4.31. The zero-order chi connectivity index (χ0) is 12.0. The van der Waals surface area contributed by atoms with Gasteiger partial charge < -0.3 is 17.7 Å². The van der Waals surface area contributed by atoms with Crippen LogP contribution in [0.5, 0.6) is 5.75 Å². The summed E-state index contributed by atoms with van der Waals surface area (Å²) in [5.74, 6) is 0.752. The van der Waals surface area contributed by atoms with Gasteiger partial charge in [-0.1, -0.05) is 25.1 Å². The van der Waals surface area contributed by atoms with Crippen molar-refractivity contribution in [2.75, 3.05) is 21.3 Å². The second-order valence-electron chi connectivity index (χ2n) is 3.18. The standard InChI is InChI=1S/C11H18O4Si/c1-5-10-8-6-7-9-11(10)15-16(12-2,13-3)14-4/h6-9H,5H2,1-4H3. The van der Waals surface area contributed by atoms with Gasteiger partial charge in [0.15, 0.2) is 0 Å². The molecule has 1 aromatic carbocycles. The lowest BCUT2D eigenvalue weighted by atomic mass is 10.1. The SMILES string of the molecule is CCc1ccccc1O[Si](OC)(OC)OC. The summed E-state index contributed by atoms with van der Waals surface area (Å²) in [6.07, 6.45) is 0.887. The Labute approximate surface area is 97.6 Å². The van der Waals surface area contributed by atoms with Crippen LogP contribution in [0.4, 0.5) is 0 Å². The Morgan fingerprint density at radius 2 is 1.56 bits per heavy atom. The summed E-state index contributed by atoms with van der Waals surface area (Å²) in [5, 5.41) is 0. The summed E-state index contributed by atoms with van der Waals surface area (Å²) < 4.78 is 21.4. The quantitative estimate of drug-likeness (QED) is 0.715. The Morgan fingerprint density at radius 1 is 1.00 bits per heavy atom. The highest BCUT2D eigenvalue weighted by atomic mass is 28.4. The van der Waals surface area contributed by atoms with E-state index in [1.807, 2.05) is 24.3 Å². The minimum Gasteiger partial charge on any atom is -0.480 e. The molecule has 0 aliphatic heterocycles. The maximum atomic E-state index is 5.74. The van der Waals surface area contributed by atoms with Crippen LogP contribution in [0.1, 0.15) is 12.5 Å².